The van der Waals surface area contributed by atoms with Crippen LogP contribution in [-0.2, 0) is 9.53 Å². The largest absolute Gasteiger partial charge is 0.466 e. The van der Waals surface area contributed by atoms with E-state index >= 15 is 0 Å². The normalized spacial score (nSPS) is 23.1. The Bertz CT molecular complexity index is 248. The van der Waals surface area contributed by atoms with Crippen molar-refractivity contribution in [1.29, 1.82) is 0 Å². The highest BCUT2D eigenvalue weighted by atomic mass is 16.5. The minimum Gasteiger partial charge on any atom is -0.466 e. The molecule has 1 unspecified atom stereocenters. The summed E-state index contributed by atoms with van der Waals surface area (Å²) in [6, 6.07) is 0. The Balaban J connectivity index is 2.43. The van der Waals surface area contributed by atoms with Gasteiger partial charge >= 0.3 is 5.97 Å². The minimum absolute atomic E-state index is 0.190. The van der Waals surface area contributed by atoms with Gasteiger partial charge in [-0.3, -0.25) is 4.90 Å². The number of methoxy groups -OCH3 is 1. The number of hydrogen-bond acceptors (Lipinski definition) is 3. The van der Waals surface area contributed by atoms with E-state index in [1.807, 2.05) is 13.0 Å². The molecule has 0 aromatic carbocycles. The number of rotatable bonds is 4. The number of hydrogen-bond donors (Lipinski definition) is 0. The first-order valence-corrected chi connectivity index (χ1v) is 5.67. The Labute approximate surface area is 92.1 Å². The molecule has 1 atom stereocenters. The van der Waals surface area contributed by atoms with Gasteiger partial charge < -0.3 is 4.74 Å². The van der Waals surface area contributed by atoms with Crippen molar-refractivity contribution < 1.29 is 9.53 Å². The Morgan fingerprint density at radius 2 is 2.33 bits per heavy atom. The summed E-state index contributed by atoms with van der Waals surface area (Å²) in [6.07, 6.45) is 4.02. The molecule has 0 radical (unpaired) electrons. The van der Waals surface area contributed by atoms with Gasteiger partial charge in [-0.25, -0.2) is 4.79 Å². The summed E-state index contributed by atoms with van der Waals surface area (Å²) in [4.78, 5) is 13.7. The van der Waals surface area contributed by atoms with Crippen LogP contribution in [-0.4, -0.2) is 37.6 Å². The average Bonchev–Trinajstić information content (AvgIpc) is 2.64. The molecule has 1 aliphatic heterocycles. The van der Waals surface area contributed by atoms with E-state index in [-0.39, 0.29) is 5.97 Å². The van der Waals surface area contributed by atoms with Gasteiger partial charge in [0, 0.05) is 18.7 Å². The van der Waals surface area contributed by atoms with Crippen LogP contribution in [0.5, 0.6) is 0 Å². The number of likely N-dealkylation sites (tertiary alicyclic amines) is 1. The van der Waals surface area contributed by atoms with E-state index in [1.165, 1.54) is 13.5 Å². The summed E-state index contributed by atoms with van der Waals surface area (Å²) in [5, 5.41) is 0. The number of esters is 1. The van der Waals surface area contributed by atoms with Gasteiger partial charge in [0.25, 0.3) is 0 Å². The first-order chi connectivity index (χ1) is 7.17. The lowest BCUT2D eigenvalue weighted by molar-refractivity contribution is -0.136. The van der Waals surface area contributed by atoms with Crippen molar-refractivity contribution in [2.45, 2.75) is 26.7 Å². The van der Waals surface area contributed by atoms with E-state index in [4.69, 9.17) is 4.74 Å². The van der Waals surface area contributed by atoms with Gasteiger partial charge in [0.05, 0.1) is 7.11 Å². The van der Waals surface area contributed by atoms with Crippen LogP contribution in [0, 0.1) is 5.92 Å². The smallest absolute Gasteiger partial charge is 0.333 e. The molecular weight excluding hydrogens is 190 g/mol. The summed E-state index contributed by atoms with van der Waals surface area (Å²) in [7, 11) is 1.43. The SMILES string of the molecule is CCC(=CCN1CCC(C)C1)C(=O)OC. The van der Waals surface area contributed by atoms with Gasteiger partial charge in [-0.05, 0) is 25.3 Å². The number of carbonyl (C=O) groups excluding carboxylic acids is 1. The first kappa shape index (κ1) is 12.2. The Morgan fingerprint density at radius 3 is 2.80 bits per heavy atom. The lowest BCUT2D eigenvalue weighted by Crippen LogP contribution is -2.21. The average molecular weight is 211 g/mol. The van der Waals surface area contributed by atoms with E-state index in [9.17, 15) is 4.79 Å². The molecule has 0 aromatic heterocycles. The molecule has 1 saturated heterocycles. The van der Waals surface area contributed by atoms with Gasteiger partial charge in [-0.2, -0.15) is 0 Å². The second-order valence-electron chi connectivity index (χ2n) is 4.23. The lowest BCUT2D eigenvalue weighted by Gasteiger charge is -2.13. The van der Waals surface area contributed by atoms with Crippen LogP contribution in [0.2, 0.25) is 0 Å². The molecular formula is C12H21NO2. The van der Waals surface area contributed by atoms with Gasteiger partial charge in [0.1, 0.15) is 0 Å². The molecule has 15 heavy (non-hydrogen) atoms. The molecule has 0 aromatic rings. The summed E-state index contributed by atoms with van der Waals surface area (Å²) in [5.74, 6) is 0.603. The third-order valence-corrected chi connectivity index (χ3v) is 2.93. The van der Waals surface area contributed by atoms with Crippen LogP contribution in [0.4, 0.5) is 0 Å². The second-order valence-corrected chi connectivity index (χ2v) is 4.23. The molecule has 0 aliphatic carbocycles. The van der Waals surface area contributed by atoms with E-state index in [2.05, 4.69) is 11.8 Å². The molecule has 3 nitrogen and oxygen atoms in total. The Hall–Kier alpha value is -0.830. The van der Waals surface area contributed by atoms with Crippen molar-refractivity contribution in [3.8, 4) is 0 Å². The first-order valence-electron chi connectivity index (χ1n) is 5.67. The predicted molar refractivity (Wildman–Crippen MR) is 60.6 cm³/mol. The standard InChI is InChI=1S/C12H21NO2/c1-4-11(12(14)15-3)6-8-13-7-5-10(2)9-13/h6,10H,4-5,7-9H2,1-3H3. The zero-order chi connectivity index (χ0) is 11.3. The summed E-state index contributed by atoms with van der Waals surface area (Å²) in [6.45, 7) is 7.42. The molecule has 0 spiro atoms. The van der Waals surface area contributed by atoms with Crippen LogP contribution in [0.15, 0.2) is 11.6 Å². The Kier molecular flexibility index (Phi) is 4.82. The van der Waals surface area contributed by atoms with Gasteiger partial charge in [-0.1, -0.05) is 19.9 Å². The van der Waals surface area contributed by atoms with Crippen molar-refractivity contribution in [2.24, 2.45) is 5.92 Å². The van der Waals surface area contributed by atoms with Crippen molar-refractivity contribution >= 4 is 5.97 Å². The zero-order valence-electron chi connectivity index (χ0n) is 9.95. The topological polar surface area (TPSA) is 29.5 Å². The third kappa shape index (κ3) is 3.67. The van der Waals surface area contributed by atoms with Crippen LogP contribution < -0.4 is 0 Å². The number of nitrogens with zero attached hydrogens (tertiary/aromatic N) is 1. The molecule has 1 rings (SSSR count). The summed E-state index contributed by atoms with van der Waals surface area (Å²) in [5.41, 5.74) is 0.789. The monoisotopic (exact) mass is 211 g/mol. The van der Waals surface area contributed by atoms with E-state index in [0.29, 0.717) is 0 Å². The molecule has 3 heteroatoms. The highest BCUT2D eigenvalue weighted by Gasteiger charge is 2.17. The fraction of sp³-hybridized carbons (Fsp3) is 0.750. The number of ether oxygens (including phenoxy) is 1. The summed E-state index contributed by atoms with van der Waals surface area (Å²) < 4.78 is 4.71. The summed E-state index contributed by atoms with van der Waals surface area (Å²) >= 11 is 0. The van der Waals surface area contributed by atoms with E-state index in [0.717, 1.165) is 37.5 Å². The predicted octanol–water partition coefficient (Wildman–Crippen LogP) is 1.84. The molecule has 1 heterocycles. The fourth-order valence-corrected chi connectivity index (χ4v) is 1.93. The van der Waals surface area contributed by atoms with Gasteiger partial charge in [-0.15, -0.1) is 0 Å². The number of carbonyl (C=O) groups is 1. The van der Waals surface area contributed by atoms with Crippen molar-refractivity contribution in [2.75, 3.05) is 26.7 Å². The highest BCUT2D eigenvalue weighted by molar-refractivity contribution is 5.88. The van der Waals surface area contributed by atoms with Gasteiger partial charge in [0.15, 0.2) is 0 Å². The van der Waals surface area contributed by atoms with Crippen molar-refractivity contribution in [1.82, 2.24) is 4.90 Å². The van der Waals surface area contributed by atoms with E-state index < -0.39 is 0 Å². The molecule has 0 saturated carbocycles. The Morgan fingerprint density at radius 1 is 1.60 bits per heavy atom. The molecule has 1 fully saturated rings. The third-order valence-electron chi connectivity index (χ3n) is 2.93. The molecule has 0 amide bonds. The van der Waals surface area contributed by atoms with Crippen LogP contribution >= 0.6 is 0 Å². The maximum Gasteiger partial charge on any atom is 0.333 e. The van der Waals surface area contributed by atoms with Crippen LogP contribution in [0.1, 0.15) is 26.7 Å². The molecule has 0 N–H and O–H groups in total. The maximum absolute atomic E-state index is 11.3. The molecule has 0 bridgehead atoms. The minimum atomic E-state index is -0.190. The van der Waals surface area contributed by atoms with Crippen LogP contribution in [0.25, 0.3) is 0 Å². The zero-order valence-corrected chi connectivity index (χ0v) is 9.95. The maximum atomic E-state index is 11.3. The van der Waals surface area contributed by atoms with Gasteiger partial charge in [0.2, 0.25) is 0 Å². The highest BCUT2D eigenvalue weighted by Crippen LogP contribution is 2.15. The van der Waals surface area contributed by atoms with Crippen LogP contribution in [0.3, 0.4) is 0 Å². The lowest BCUT2D eigenvalue weighted by atomic mass is 10.2. The second kappa shape index (κ2) is 5.91. The van der Waals surface area contributed by atoms with Crippen molar-refractivity contribution in [3.63, 3.8) is 0 Å². The molecule has 86 valence electrons. The van der Waals surface area contributed by atoms with E-state index in [1.54, 1.807) is 0 Å². The molecule has 1 aliphatic rings. The quantitative estimate of drug-likeness (QED) is 0.525. The fourth-order valence-electron chi connectivity index (χ4n) is 1.93. The van der Waals surface area contributed by atoms with Crippen molar-refractivity contribution in [3.05, 3.63) is 11.6 Å².